The van der Waals surface area contributed by atoms with Crippen molar-refractivity contribution in [2.45, 2.75) is 33.4 Å². The summed E-state index contributed by atoms with van der Waals surface area (Å²) in [5, 5.41) is 0. The first-order chi connectivity index (χ1) is 20.8. The van der Waals surface area contributed by atoms with Crippen LogP contribution < -0.4 is 19.1 Å². The Morgan fingerprint density at radius 3 is 2.40 bits per heavy atom. The summed E-state index contributed by atoms with van der Waals surface area (Å²) in [6.07, 6.45) is 1.02. The van der Waals surface area contributed by atoms with Crippen molar-refractivity contribution in [2.75, 3.05) is 35.2 Å². The summed E-state index contributed by atoms with van der Waals surface area (Å²) in [4.78, 5) is 2.11. The second kappa shape index (κ2) is 13.9. The van der Waals surface area contributed by atoms with Gasteiger partial charge in [-0.05, 0) is 85.5 Å². The minimum Gasteiger partial charge on any atom is -0.493 e. The van der Waals surface area contributed by atoms with Crippen molar-refractivity contribution in [3.8, 4) is 17.2 Å². The highest BCUT2D eigenvalue weighted by atomic mass is 32.2. The van der Waals surface area contributed by atoms with Crippen molar-refractivity contribution in [1.29, 1.82) is 0 Å². The van der Waals surface area contributed by atoms with Crippen LogP contribution in [0.25, 0.3) is 0 Å². The molecular weight excluding hydrogens is 567 g/mol. The van der Waals surface area contributed by atoms with Crippen LogP contribution in [0, 0.1) is 18.7 Å². The van der Waals surface area contributed by atoms with E-state index in [-0.39, 0.29) is 11.6 Å². The fourth-order valence-corrected chi connectivity index (χ4v) is 5.67. The molecule has 0 radical (unpaired) electrons. The molecular formula is C34H37FN2O5S. The van der Waals surface area contributed by atoms with E-state index in [2.05, 4.69) is 9.62 Å². The number of hydrogen-bond donors (Lipinski definition) is 1. The Bertz CT molecular complexity index is 1620. The molecule has 7 nitrogen and oxygen atoms in total. The quantitative estimate of drug-likeness (QED) is 0.172. The molecule has 1 aliphatic heterocycles. The van der Waals surface area contributed by atoms with Gasteiger partial charge in [0.15, 0.2) is 0 Å². The molecule has 4 aromatic rings. The van der Waals surface area contributed by atoms with Gasteiger partial charge in [0.05, 0.1) is 24.7 Å². The Kier molecular flexibility index (Phi) is 9.84. The van der Waals surface area contributed by atoms with Crippen molar-refractivity contribution in [2.24, 2.45) is 5.92 Å². The number of rotatable bonds is 13. The van der Waals surface area contributed by atoms with Gasteiger partial charge in [0.1, 0.15) is 23.1 Å². The first kappa shape index (κ1) is 30.4. The van der Waals surface area contributed by atoms with Crippen LogP contribution in [0.3, 0.4) is 0 Å². The van der Waals surface area contributed by atoms with Crippen LogP contribution in [0.15, 0.2) is 91.0 Å². The third-order valence-corrected chi connectivity index (χ3v) is 8.69. The first-order valence-corrected chi connectivity index (χ1v) is 16.1. The van der Waals surface area contributed by atoms with Crippen LogP contribution in [0.5, 0.6) is 17.2 Å². The second-order valence-corrected chi connectivity index (χ2v) is 12.7. The van der Waals surface area contributed by atoms with Crippen LogP contribution in [0.2, 0.25) is 0 Å². The SMILES string of the molecule is CCS(=O)(=O)Nc1cccc(N(Cc2ccc(Oc3cccc(OCC4CCOC4)c3)cc2)Cc2cccc(F)c2)c1C. The van der Waals surface area contributed by atoms with Gasteiger partial charge in [0.25, 0.3) is 0 Å². The molecule has 43 heavy (non-hydrogen) atoms. The number of nitrogens with zero attached hydrogens (tertiary/aromatic N) is 1. The number of benzene rings is 4. The lowest BCUT2D eigenvalue weighted by molar-refractivity contribution is 0.167. The monoisotopic (exact) mass is 604 g/mol. The zero-order valence-electron chi connectivity index (χ0n) is 24.5. The molecule has 0 aromatic heterocycles. The van der Waals surface area contributed by atoms with Gasteiger partial charge in [0.2, 0.25) is 10.0 Å². The molecule has 4 aromatic carbocycles. The fourth-order valence-electron chi connectivity index (χ4n) is 4.97. The lowest BCUT2D eigenvalue weighted by atomic mass is 10.1. The third kappa shape index (κ3) is 8.49. The standard InChI is InChI=1S/C34H37FN2O5S/c1-3-43(38,39)36-33-11-6-12-34(25(33)2)37(22-27-7-4-8-29(35)19-27)21-26-13-15-30(16-14-26)42-32-10-5-9-31(20-32)41-24-28-17-18-40-23-28/h4-16,19-20,28,36H,3,17-18,21-24H2,1-2H3. The first-order valence-electron chi connectivity index (χ1n) is 14.4. The number of halogens is 1. The van der Waals surface area contributed by atoms with Crippen molar-refractivity contribution >= 4 is 21.4 Å². The molecule has 9 heteroatoms. The average molecular weight is 605 g/mol. The minimum absolute atomic E-state index is 0.0225. The van der Waals surface area contributed by atoms with Crippen LogP contribution in [0.4, 0.5) is 15.8 Å². The molecule has 1 aliphatic rings. The Morgan fingerprint density at radius 2 is 1.65 bits per heavy atom. The van der Waals surface area contributed by atoms with Crippen molar-refractivity contribution in [3.05, 3.63) is 114 Å². The largest absolute Gasteiger partial charge is 0.493 e. The molecule has 1 heterocycles. The van der Waals surface area contributed by atoms with Gasteiger partial charge in [-0.2, -0.15) is 0 Å². The van der Waals surface area contributed by atoms with Gasteiger partial charge in [-0.15, -0.1) is 0 Å². The van der Waals surface area contributed by atoms with E-state index >= 15 is 0 Å². The Morgan fingerprint density at radius 1 is 0.907 bits per heavy atom. The normalized spacial score (nSPS) is 14.8. The average Bonchev–Trinajstić information content (AvgIpc) is 3.52. The summed E-state index contributed by atoms with van der Waals surface area (Å²) >= 11 is 0. The zero-order chi connectivity index (χ0) is 30.2. The van der Waals surface area contributed by atoms with Crippen molar-refractivity contribution in [1.82, 2.24) is 0 Å². The van der Waals surface area contributed by atoms with E-state index in [4.69, 9.17) is 14.2 Å². The van der Waals surface area contributed by atoms with Crippen molar-refractivity contribution in [3.63, 3.8) is 0 Å². The molecule has 0 saturated carbocycles. The van der Waals surface area contributed by atoms with Gasteiger partial charge in [-0.1, -0.05) is 36.4 Å². The zero-order valence-corrected chi connectivity index (χ0v) is 25.3. The Labute approximate surface area is 253 Å². The number of hydrogen-bond acceptors (Lipinski definition) is 6. The van der Waals surface area contributed by atoms with E-state index in [1.165, 1.54) is 12.1 Å². The number of anilines is 2. The molecule has 5 rings (SSSR count). The van der Waals surface area contributed by atoms with E-state index in [0.29, 0.717) is 42.8 Å². The minimum atomic E-state index is -3.45. The van der Waals surface area contributed by atoms with Crippen LogP contribution in [-0.2, 0) is 27.8 Å². The maximum absolute atomic E-state index is 14.1. The molecule has 1 N–H and O–H groups in total. The Hall–Kier alpha value is -4.08. The predicted octanol–water partition coefficient (Wildman–Crippen LogP) is 7.31. The van der Waals surface area contributed by atoms with Crippen molar-refractivity contribution < 1.29 is 27.0 Å². The van der Waals surface area contributed by atoms with E-state index in [1.807, 2.05) is 73.7 Å². The summed E-state index contributed by atoms with van der Waals surface area (Å²) in [6.45, 7) is 6.58. The van der Waals surface area contributed by atoms with Crippen LogP contribution >= 0.6 is 0 Å². The van der Waals surface area contributed by atoms with Crippen LogP contribution in [0.1, 0.15) is 30.0 Å². The molecule has 1 fully saturated rings. The van der Waals surface area contributed by atoms with Gasteiger partial charge < -0.3 is 19.1 Å². The molecule has 0 bridgehead atoms. The topological polar surface area (TPSA) is 77.1 Å². The highest BCUT2D eigenvalue weighted by molar-refractivity contribution is 7.92. The summed E-state index contributed by atoms with van der Waals surface area (Å²) in [7, 11) is -3.45. The van der Waals surface area contributed by atoms with Gasteiger partial charge in [0, 0.05) is 37.4 Å². The maximum Gasteiger partial charge on any atom is 0.232 e. The summed E-state index contributed by atoms with van der Waals surface area (Å²) in [6, 6.07) is 27.5. The van der Waals surface area contributed by atoms with E-state index in [1.54, 1.807) is 19.1 Å². The van der Waals surface area contributed by atoms with Gasteiger partial charge >= 0.3 is 0 Å². The predicted molar refractivity (Wildman–Crippen MR) is 168 cm³/mol. The molecule has 0 spiro atoms. The highest BCUT2D eigenvalue weighted by Gasteiger charge is 2.18. The molecule has 0 amide bonds. The number of nitrogens with one attached hydrogen (secondary N) is 1. The molecule has 0 aliphatic carbocycles. The number of sulfonamides is 1. The molecule has 1 saturated heterocycles. The van der Waals surface area contributed by atoms with E-state index in [0.717, 1.165) is 47.8 Å². The van der Waals surface area contributed by atoms with Gasteiger partial charge in [-0.25, -0.2) is 12.8 Å². The fraction of sp³-hybridized carbons (Fsp3) is 0.294. The summed E-state index contributed by atoms with van der Waals surface area (Å²) < 4.78 is 58.8. The smallest absolute Gasteiger partial charge is 0.232 e. The van der Waals surface area contributed by atoms with E-state index in [9.17, 15) is 12.8 Å². The van der Waals surface area contributed by atoms with Crippen LogP contribution in [-0.4, -0.2) is 34.0 Å². The molecule has 1 atom stereocenters. The second-order valence-electron chi connectivity index (χ2n) is 10.7. The molecule has 226 valence electrons. The van der Waals surface area contributed by atoms with E-state index < -0.39 is 10.0 Å². The third-order valence-electron chi connectivity index (χ3n) is 7.40. The maximum atomic E-state index is 14.1. The lowest BCUT2D eigenvalue weighted by Crippen LogP contribution is -2.24. The lowest BCUT2D eigenvalue weighted by Gasteiger charge is -2.28. The number of ether oxygens (including phenoxy) is 3. The van der Waals surface area contributed by atoms with Gasteiger partial charge in [-0.3, -0.25) is 4.72 Å². The summed E-state index contributed by atoms with van der Waals surface area (Å²) in [5.74, 6) is 2.22. The highest BCUT2D eigenvalue weighted by Crippen LogP contribution is 2.31. The Balaban J connectivity index is 1.32. The molecule has 1 unspecified atom stereocenters. The summed E-state index contributed by atoms with van der Waals surface area (Å²) in [5.41, 5.74) is 3.98.